The molecule has 1 atom stereocenters. The Balaban J connectivity index is 1.61. The van der Waals surface area contributed by atoms with Gasteiger partial charge in [0.15, 0.2) is 0 Å². The number of aryl methyl sites for hydroxylation is 1. The number of hydrogen-bond acceptors (Lipinski definition) is 4. The van der Waals surface area contributed by atoms with Gasteiger partial charge in [0.05, 0.1) is 18.3 Å². The van der Waals surface area contributed by atoms with Crippen molar-refractivity contribution in [1.82, 2.24) is 5.32 Å². The SMILES string of the molecule is COC(=O)c1ccc(C(=O)NC[C@@]2(O)CCc3ccccc3C2)cc1. The van der Waals surface area contributed by atoms with Crippen LogP contribution in [0.25, 0.3) is 0 Å². The highest BCUT2D eigenvalue weighted by Gasteiger charge is 2.32. The summed E-state index contributed by atoms with van der Waals surface area (Å²) in [4.78, 5) is 23.7. The monoisotopic (exact) mass is 339 g/mol. The molecule has 0 aliphatic heterocycles. The lowest BCUT2D eigenvalue weighted by atomic mass is 9.80. The van der Waals surface area contributed by atoms with Crippen molar-refractivity contribution in [2.24, 2.45) is 0 Å². The van der Waals surface area contributed by atoms with E-state index < -0.39 is 11.6 Å². The second-order valence-electron chi connectivity index (χ2n) is 6.42. The largest absolute Gasteiger partial charge is 0.465 e. The van der Waals surface area contributed by atoms with E-state index in [-0.39, 0.29) is 12.5 Å². The third-order valence-corrected chi connectivity index (χ3v) is 4.64. The van der Waals surface area contributed by atoms with Crippen LogP contribution in [0.3, 0.4) is 0 Å². The fraction of sp³-hybridized carbons (Fsp3) is 0.300. The molecule has 5 nitrogen and oxygen atoms in total. The van der Waals surface area contributed by atoms with Crippen molar-refractivity contribution in [3.63, 3.8) is 0 Å². The number of aliphatic hydroxyl groups is 1. The van der Waals surface area contributed by atoms with Gasteiger partial charge in [-0.3, -0.25) is 4.79 Å². The smallest absolute Gasteiger partial charge is 0.337 e. The van der Waals surface area contributed by atoms with Crippen molar-refractivity contribution in [3.8, 4) is 0 Å². The molecule has 1 aliphatic carbocycles. The Morgan fingerprint density at radius 3 is 2.40 bits per heavy atom. The average molecular weight is 339 g/mol. The number of nitrogens with one attached hydrogen (secondary N) is 1. The molecule has 0 heterocycles. The van der Waals surface area contributed by atoms with Crippen LogP contribution in [0.5, 0.6) is 0 Å². The average Bonchev–Trinajstić information content (AvgIpc) is 2.65. The fourth-order valence-electron chi connectivity index (χ4n) is 3.16. The summed E-state index contributed by atoms with van der Waals surface area (Å²) in [6, 6.07) is 14.3. The number of rotatable bonds is 4. The lowest BCUT2D eigenvalue weighted by Crippen LogP contribution is -2.46. The quantitative estimate of drug-likeness (QED) is 0.837. The maximum absolute atomic E-state index is 12.3. The Labute approximate surface area is 146 Å². The number of carbonyl (C=O) groups excluding carboxylic acids is 2. The number of esters is 1. The van der Waals surface area contributed by atoms with Gasteiger partial charge in [-0.05, 0) is 48.2 Å². The van der Waals surface area contributed by atoms with Gasteiger partial charge in [0.1, 0.15) is 0 Å². The standard InChI is InChI=1S/C20H21NO4/c1-25-19(23)16-8-6-15(7-9-16)18(22)21-13-20(24)11-10-14-4-2-3-5-17(14)12-20/h2-9,24H,10-13H2,1H3,(H,21,22)/t20-/m1/s1. The van der Waals surface area contributed by atoms with Crippen molar-refractivity contribution >= 4 is 11.9 Å². The molecule has 25 heavy (non-hydrogen) atoms. The normalized spacial score (nSPS) is 19.0. The van der Waals surface area contributed by atoms with Crippen LogP contribution in [0.1, 0.15) is 38.3 Å². The molecule has 0 saturated heterocycles. The topological polar surface area (TPSA) is 75.6 Å². The summed E-state index contributed by atoms with van der Waals surface area (Å²) in [5, 5.41) is 13.6. The zero-order valence-electron chi connectivity index (χ0n) is 14.1. The van der Waals surface area contributed by atoms with Gasteiger partial charge >= 0.3 is 5.97 Å². The molecule has 0 bridgehead atoms. The molecule has 130 valence electrons. The van der Waals surface area contributed by atoms with Crippen molar-refractivity contribution in [2.75, 3.05) is 13.7 Å². The second kappa shape index (κ2) is 7.07. The van der Waals surface area contributed by atoms with Crippen LogP contribution < -0.4 is 5.32 Å². The summed E-state index contributed by atoms with van der Waals surface area (Å²) in [6.45, 7) is 0.193. The summed E-state index contributed by atoms with van der Waals surface area (Å²) >= 11 is 0. The molecule has 1 amide bonds. The first-order valence-electron chi connectivity index (χ1n) is 8.26. The third-order valence-electron chi connectivity index (χ3n) is 4.64. The summed E-state index contributed by atoms with van der Waals surface area (Å²) in [6.07, 6.45) is 1.95. The van der Waals surface area contributed by atoms with Crippen LogP contribution in [-0.4, -0.2) is 36.2 Å². The number of benzene rings is 2. The van der Waals surface area contributed by atoms with Crippen LogP contribution in [-0.2, 0) is 17.6 Å². The van der Waals surface area contributed by atoms with Gasteiger partial charge in [-0.25, -0.2) is 4.79 Å². The molecule has 0 radical (unpaired) electrons. The molecule has 0 fully saturated rings. The van der Waals surface area contributed by atoms with E-state index in [0.717, 1.165) is 12.0 Å². The number of fused-ring (bicyclic) bond motifs is 1. The Bertz CT molecular complexity index is 785. The minimum atomic E-state index is -0.935. The predicted molar refractivity (Wildman–Crippen MR) is 93.5 cm³/mol. The number of methoxy groups -OCH3 is 1. The summed E-state index contributed by atoms with van der Waals surface area (Å²) < 4.78 is 4.63. The first-order valence-corrected chi connectivity index (χ1v) is 8.26. The molecule has 0 aromatic heterocycles. The molecule has 3 rings (SSSR count). The van der Waals surface area contributed by atoms with Gasteiger partial charge in [-0.2, -0.15) is 0 Å². The van der Waals surface area contributed by atoms with Crippen LogP contribution in [0.2, 0.25) is 0 Å². The van der Waals surface area contributed by atoms with Gasteiger partial charge in [0.25, 0.3) is 5.91 Å². The second-order valence-corrected chi connectivity index (χ2v) is 6.42. The Hall–Kier alpha value is -2.66. The van der Waals surface area contributed by atoms with Crippen molar-refractivity contribution in [3.05, 3.63) is 70.8 Å². The van der Waals surface area contributed by atoms with Gasteiger partial charge in [-0.1, -0.05) is 24.3 Å². The maximum Gasteiger partial charge on any atom is 0.337 e. The van der Waals surface area contributed by atoms with Crippen molar-refractivity contribution < 1.29 is 19.4 Å². The molecular formula is C20H21NO4. The number of carbonyl (C=O) groups is 2. The maximum atomic E-state index is 12.3. The summed E-state index contributed by atoms with van der Waals surface area (Å²) in [5.41, 5.74) is 2.29. The molecule has 2 N–H and O–H groups in total. The highest BCUT2D eigenvalue weighted by Crippen LogP contribution is 2.28. The summed E-state index contributed by atoms with van der Waals surface area (Å²) in [7, 11) is 1.31. The van der Waals surface area contributed by atoms with E-state index in [1.165, 1.54) is 12.7 Å². The lowest BCUT2D eigenvalue weighted by molar-refractivity contribution is 0.0260. The van der Waals surface area contributed by atoms with Crippen LogP contribution in [0, 0.1) is 0 Å². The van der Waals surface area contributed by atoms with Crippen LogP contribution >= 0.6 is 0 Å². The van der Waals surface area contributed by atoms with E-state index in [1.807, 2.05) is 18.2 Å². The molecule has 5 heteroatoms. The van der Waals surface area contributed by atoms with E-state index in [4.69, 9.17) is 0 Å². The minimum Gasteiger partial charge on any atom is -0.465 e. The molecule has 0 saturated carbocycles. The zero-order valence-corrected chi connectivity index (χ0v) is 14.1. The van der Waals surface area contributed by atoms with Gasteiger partial charge in [0.2, 0.25) is 0 Å². The highest BCUT2D eigenvalue weighted by atomic mass is 16.5. The van der Waals surface area contributed by atoms with E-state index >= 15 is 0 Å². The van der Waals surface area contributed by atoms with E-state index in [0.29, 0.717) is 24.0 Å². The lowest BCUT2D eigenvalue weighted by Gasteiger charge is -2.33. The Morgan fingerprint density at radius 2 is 1.72 bits per heavy atom. The Kier molecular flexibility index (Phi) is 4.86. The van der Waals surface area contributed by atoms with Crippen LogP contribution in [0.4, 0.5) is 0 Å². The number of ether oxygens (including phenoxy) is 1. The molecule has 0 spiro atoms. The van der Waals surface area contributed by atoms with Crippen LogP contribution in [0.15, 0.2) is 48.5 Å². The third kappa shape index (κ3) is 3.88. The molecule has 2 aromatic carbocycles. The van der Waals surface area contributed by atoms with Gasteiger partial charge in [-0.15, -0.1) is 0 Å². The molecule has 2 aromatic rings. The highest BCUT2D eigenvalue weighted by molar-refractivity contribution is 5.96. The van der Waals surface area contributed by atoms with E-state index in [1.54, 1.807) is 24.3 Å². The van der Waals surface area contributed by atoms with E-state index in [9.17, 15) is 14.7 Å². The molecule has 1 aliphatic rings. The van der Waals surface area contributed by atoms with Gasteiger partial charge in [0, 0.05) is 18.5 Å². The number of hydrogen-bond donors (Lipinski definition) is 2. The van der Waals surface area contributed by atoms with Gasteiger partial charge < -0.3 is 15.2 Å². The van der Waals surface area contributed by atoms with Crippen molar-refractivity contribution in [2.45, 2.75) is 24.9 Å². The van der Waals surface area contributed by atoms with E-state index in [2.05, 4.69) is 16.1 Å². The predicted octanol–water partition coefficient (Wildman–Crippen LogP) is 2.12. The zero-order chi connectivity index (χ0) is 17.9. The first kappa shape index (κ1) is 17.2. The molecular weight excluding hydrogens is 318 g/mol. The molecule has 0 unspecified atom stereocenters. The van der Waals surface area contributed by atoms with Crippen molar-refractivity contribution in [1.29, 1.82) is 0 Å². The summed E-state index contributed by atoms with van der Waals surface area (Å²) in [5.74, 6) is -0.717. The number of amides is 1. The fourth-order valence-corrected chi connectivity index (χ4v) is 3.16. The minimum absolute atomic E-state index is 0.193. The first-order chi connectivity index (χ1) is 12.0. The Morgan fingerprint density at radius 1 is 1.08 bits per heavy atom.